The summed E-state index contributed by atoms with van der Waals surface area (Å²) in [6.45, 7) is 0.707. The highest BCUT2D eigenvalue weighted by Gasteiger charge is 2.24. The number of aromatic nitrogens is 2. The van der Waals surface area contributed by atoms with Crippen molar-refractivity contribution in [2.45, 2.75) is 19.1 Å². The lowest BCUT2D eigenvalue weighted by Crippen LogP contribution is -2.21. The van der Waals surface area contributed by atoms with E-state index in [9.17, 15) is 0 Å². The third-order valence-electron chi connectivity index (χ3n) is 3.84. The molecule has 1 aliphatic rings. The molecule has 5 heteroatoms. The van der Waals surface area contributed by atoms with E-state index in [0.29, 0.717) is 12.5 Å². The fraction of sp³-hybridized carbons (Fsp3) is 0.188. The lowest BCUT2D eigenvalue weighted by Gasteiger charge is -2.13. The second-order valence-electron chi connectivity index (χ2n) is 5.27. The first-order valence-electron chi connectivity index (χ1n) is 6.86. The Labute approximate surface area is 130 Å². The fourth-order valence-electron chi connectivity index (χ4n) is 2.87. The average Bonchev–Trinajstić information content (AvgIpc) is 3.00. The van der Waals surface area contributed by atoms with Crippen LogP contribution >= 0.6 is 15.9 Å². The second-order valence-corrected chi connectivity index (χ2v) is 6.18. The minimum Gasteiger partial charge on any atom is -0.488 e. The lowest BCUT2D eigenvalue weighted by molar-refractivity contribution is 0.212. The van der Waals surface area contributed by atoms with Crippen molar-refractivity contribution in [1.82, 2.24) is 9.55 Å². The van der Waals surface area contributed by atoms with E-state index in [1.54, 1.807) is 0 Å². The Morgan fingerprint density at radius 3 is 3.00 bits per heavy atom. The maximum absolute atomic E-state index is 6.07. The molecule has 0 aliphatic carbocycles. The van der Waals surface area contributed by atoms with Gasteiger partial charge in [0.05, 0.1) is 17.6 Å². The number of nitrogens with two attached hydrogens (primary N) is 1. The molecule has 0 spiro atoms. The Balaban J connectivity index is 1.65. The molecule has 1 unspecified atom stereocenters. The molecular weight excluding hydrogens is 330 g/mol. The Bertz CT molecular complexity index is 803. The van der Waals surface area contributed by atoms with Crippen LogP contribution in [0.2, 0.25) is 0 Å². The summed E-state index contributed by atoms with van der Waals surface area (Å²) < 4.78 is 9.02. The predicted octanol–water partition coefficient (Wildman–Crippen LogP) is 3.38. The van der Waals surface area contributed by atoms with Crippen LogP contribution in [0.15, 0.2) is 46.9 Å². The number of hydrogen-bond acceptors (Lipinski definition) is 3. The summed E-state index contributed by atoms with van der Waals surface area (Å²) in [7, 11) is 0. The predicted molar refractivity (Wildman–Crippen MR) is 86.4 cm³/mol. The van der Waals surface area contributed by atoms with E-state index in [0.717, 1.165) is 27.7 Å². The maximum atomic E-state index is 6.07. The smallest absolute Gasteiger partial charge is 0.201 e. The quantitative estimate of drug-likeness (QED) is 0.775. The van der Waals surface area contributed by atoms with Crippen molar-refractivity contribution < 1.29 is 4.74 Å². The minimum absolute atomic E-state index is 0.103. The van der Waals surface area contributed by atoms with Crippen molar-refractivity contribution in [3.8, 4) is 5.75 Å². The van der Waals surface area contributed by atoms with Gasteiger partial charge in [-0.2, -0.15) is 0 Å². The monoisotopic (exact) mass is 343 g/mol. The Kier molecular flexibility index (Phi) is 2.89. The molecule has 0 saturated heterocycles. The Morgan fingerprint density at radius 2 is 2.14 bits per heavy atom. The third-order valence-corrected chi connectivity index (χ3v) is 4.33. The van der Waals surface area contributed by atoms with Gasteiger partial charge in [0, 0.05) is 10.9 Å². The topological polar surface area (TPSA) is 53.1 Å². The molecule has 106 valence electrons. The molecule has 1 aliphatic heterocycles. The summed E-state index contributed by atoms with van der Waals surface area (Å²) in [6, 6.07) is 14.2. The van der Waals surface area contributed by atoms with Crippen LogP contribution in [-0.4, -0.2) is 15.7 Å². The van der Waals surface area contributed by atoms with Gasteiger partial charge in [0.15, 0.2) is 0 Å². The number of fused-ring (bicyclic) bond motifs is 2. The van der Waals surface area contributed by atoms with Crippen molar-refractivity contribution in [2.24, 2.45) is 0 Å². The number of nitrogens with zero attached hydrogens (tertiary/aromatic N) is 2. The van der Waals surface area contributed by atoms with E-state index in [-0.39, 0.29) is 6.10 Å². The number of rotatable bonds is 2. The summed E-state index contributed by atoms with van der Waals surface area (Å²) in [4.78, 5) is 4.42. The zero-order valence-corrected chi connectivity index (χ0v) is 12.9. The average molecular weight is 344 g/mol. The summed E-state index contributed by atoms with van der Waals surface area (Å²) in [5, 5.41) is 0. The Morgan fingerprint density at radius 1 is 1.29 bits per heavy atom. The molecular formula is C16H14BrN3O. The lowest BCUT2D eigenvalue weighted by atomic mass is 10.1. The molecule has 3 aromatic rings. The van der Waals surface area contributed by atoms with Crippen molar-refractivity contribution in [1.29, 1.82) is 0 Å². The molecule has 4 nitrogen and oxygen atoms in total. The highest BCUT2D eigenvalue weighted by atomic mass is 79.9. The number of para-hydroxylation sites is 1. The van der Waals surface area contributed by atoms with Gasteiger partial charge in [-0.25, -0.2) is 4.98 Å². The molecule has 1 atom stereocenters. The number of anilines is 1. The molecule has 2 aromatic carbocycles. The van der Waals surface area contributed by atoms with Crippen molar-refractivity contribution in [3.05, 3.63) is 52.5 Å². The summed E-state index contributed by atoms with van der Waals surface area (Å²) >= 11 is 3.46. The van der Waals surface area contributed by atoms with E-state index in [1.165, 1.54) is 5.56 Å². The van der Waals surface area contributed by atoms with Gasteiger partial charge < -0.3 is 15.0 Å². The van der Waals surface area contributed by atoms with Crippen LogP contribution in [0.1, 0.15) is 5.56 Å². The number of ether oxygens (including phenoxy) is 1. The van der Waals surface area contributed by atoms with Crippen LogP contribution in [0.3, 0.4) is 0 Å². The SMILES string of the molecule is Nc1nc2cc(Br)ccc2n1CC1Cc2ccccc2O1. The summed E-state index contributed by atoms with van der Waals surface area (Å²) in [5.41, 5.74) is 9.26. The molecule has 1 aromatic heterocycles. The molecule has 0 fully saturated rings. The van der Waals surface area contributed by atoms with Crippen molar-refractivity contribution in [3.63, 3.8) is 0 Å². The summed E-state index contributed by atoms with van der Waals surface area (Å²) in [6.07, 6.45) is 1.01. The van der Waals surface area contributed by atoms with E-state index in [1.807, 2.05) is 41.0 Å². The van der Waals surface area contributed by atoms with Gasteiger partial charge in [0.1, 0.15) is 11.9 Å². The first kappa shape index (κ1) is 12.7. The molecule has 0 amide bonds. The van der Waals surface area contributed by atoms with Gasteiger partial charge in [-0.05, 0) is 29.8 Å². The molecule has 0 bridgehead atoms. The van der Waals surface area contributed by atoms with Crippen LogP contribution in [0, 0.1) is 0 Å². The van der Waals surface area contributed by atoms with Crippen LogP contribution in [0.4, 0.5) is 5.95 Å². The van der Waals surface area contributed by atoms with Crippen LogP contribution < -0.4 is 10.5 Å². The first-order valence-corrected chi connectivity index (χ1v) is 7.66. The van der Waals surface area contributed by atoms with Crippen LogP contribution in [0.5, 0.6) is 5.75 Å². The zero-order valence-electron chi connectivity index (χ0n) is 11.3. The van der Waals surface area contributed by atoms with Crippen molar-refractivity contribution in [2.75, 3.05) is 5.73 Å². The summed E-state index contributed by atoms with van der Waals surface area (Å²) in [5.74, 6) is 1.51. The number of nitrogen functional groups attached to an aromatic ring is 1. The number of benzene rings is 2. The van der Waals surface area contributed by atoms with Gasteiger partial charge in [-0.1, -0.05) is 34.1 Å². The Hall–Kier alpha value is -2.01. The van der Waals surface area contributed by atoms with Gasteiger partial charge in [-0.3, -0.25) is 0 Å². The van der Waals surface area contributed by atoms with Crippen molar-refractivity contribution >= 4 is 32.9 Å². The highest BCUT2D eigenvalue weighted by Crippen LogP contribution is 2.30. The number of halogens is 1. The van der Waals surface area contributed by atoms with E-state index in [2.05, 4.69) is 27.0 Å². The zero-order chi connectivity index (χ0) is 14.4. The fourth-order valence-corrected chi connectivity index (χ4v) is 3.22. The maximum Gasteiger partial charge on any atom is 0.201 e. The minimum atomic E-state index is 0.103. The van der Waals surface area contributed by atoms with Gasteiger partial charge in [-0.15, -0.1) is 0 Å². The normalized spacial score (nSPS) is 16.9. The molecule has 2 N–H and O–H groups in total. The van der Waals surface area contributed by atoms with Crippen LogP contribution in [0.25, 0.3) is 11.0 Å². The third kappa shape index (κ3) is 2.17. The largest absolute Gasteiger partial charge is 0.488 e. The van der Waals surface area contributed by atoms with E-state index >= 15 is 0 Å². The standard InChI is InChI=1S/C16H14BrN3O/c17-11-5-6-14-13(8-11)19-16(18)20(14)9-12-7-10-3-1-2-4-15(10)21-12/h1-6,8,12H,7,9H2,(H2,18,19). The van der Waals surface area contributed by atoms with Crippen LogP contribution in [-0.2, 0) is 13.0 Å². The highest BCUT2D eigenvalue weighted by molar-refractivity contribution is 9.10. The molecule has 0 saturated carbocycles. The molecule has 0 radical (unpaired) electrons. The van der Waals surface area contributed by atoms with E-state index in [4.69, 9.17) is 10.5 Å². The van der Waals surface area contributed by atoms with E-state index < -0.39 is 0 Å². The van der Waals surface area contributed by atoms with Gasteiger partial charge >= 0.3 is 0 Å². The van der Waals surface area contributed by atoms with Gasteiger partial charge in [0.25, 0.3) is 0 Å². The number of imidazole rings is 1. The molecule has 2 heterocycles. The second kappa shape index (κ2) is 4.77. The van der Waals surface area contributed by atoms with Gasteiger partial charge in [0.2, 0.25) is 5.95 Å². The number of hydrogen-bond donors (Lipinski definition) is 1. The molecule has 4 rings (SSSR count). The first-order chi connectivity index (χ1) is 10.2. The molecule has 21 heavy (non-hydrogen) atoms.